The maximum absolute atomic E-state index is 11.2. The molecule has 1 heterocycles. The highest BCUT2D eigenvalue weighted by molar-refractivity contribution is 7.12. The van der Waals surface area contributed by atoms with Crippen LogP contribution in [0.2, 0.25) is 0 Å². The summed E-state index contributed by atoms with van der Waals surface area (Å²) in [5.74, 6) is -0.756. The molecule has 1 N–H and O–H groups in total. The number of carboxylic acids is 1. The minimum absolute atomic E-state index is 0.129. The third-order valence-electron chi connectivity index (χ3n) is 8.13. The average Bonchev–Trinajstić information content (AvgIpc) is 3.04. The maximum Gasteiger partial charge on any atom is 0.306 e. The Hall–Kier alpha value is -2.85. The van der Waals surface area contributed by atoms with Gasteiger partial charge < -0.3 is 10.0 Å². The lowest BCUT2D eigenvalue weighted by molar-refractivity contribution is -0.157. The molecule has 5 rings (SSSR count). The molecule has 2 aliphatic carbocycles. The fourth-order valence-electron chi connectivity index (χ4n) is 6.07. The SMILES string of the molecule is C=C(c1c(C)sc(C)c1Cc1ccc(-c2ccccc2)cc1)N(C)C1CC2(CC(C(=O)O)C2)C1. The smallest absolute Gasteiger partial charge is 0.306 e. The molecule has 0 bridgehead atoms. The Balaban J connectivity index is 1.29. The molecule has 3 aromatic rings. The van der Waals surface area contributed by atoms with Crippen LogP contribution in [-0.4, -0.2) is 29.1 Å². The number of aryl methyl sites for hydroxylation is 2. The molecule has 2 fully saturated rings. The van der Waals surface area contributed by atoms with E-state index >= 15 is 0 Å². The first-order chi connectivity index (χ1) is 16.3. The Morgan fingerprint density at radius 3 is 2.24 bits per heavy atom. The summed E-state index contributed by atoms with van der Waals surface area (Å²) in [5.41, 5.74) is 7.86. The van der Waals surface area contributed by atoms with Crippen molar-refractivity contribution >= 4 is 23.0 Å². The Morgan fingerprint density at radius 1 is 1.00 bits per heavy atom. The number of hydrogen-bond donors (Lipinski definition) is 1. The van der Waals surface area contributed by atoms with E-state index in [1.807, 2.05) is 17.4 Å². The van der Waals surface area contributed by atoms with Crippen molar-refractivity contribution in [2.24, 2.45) is 11.3 Å². The fourth-order valence-corrected chi connectivity index (χ4v) is 7.17. The molecule has 2 saturated carbocycles. The van der Waals surface area contributed by atoms with Crippen LogP contribution in [0.1, 0.15) is 52.1 Å². The predicted molar refractivity (Wildman–Crippen MR) is 141 cm³/mol. The van der Waals surface area contributed by atoms with Gasteiger partial charge in [0, 0.05) is 34.1 Å². The second-order valence-corrected chi connectivity index (χ2v) is 11.8. The minimum Gasteiger partial charge on any atom is -0.481 e. The lowest BCUT2D eigenvalue weighted by Crippen LogP contribution is -2.56. The first-order valence-corrected chi connectivity index (χ1v) is 13.0. The molecular weight excluding hydrogens is 438 g/mol. The molecule has 0 atom stereocenters. The Kier molecular flexibility index (Phi) is 5.89. The molecule has 0 unspecified atom stereocenters. The number of aliphatic carboxylic acids is 1. The van der Waals surface area contributed by atoms with E-state index in [1.165, 1.54) is 37.6 Å². The molecule has 0 amide bonds. The number of carboxylic acid groups (broad SMARTS) is 1. The van der Waals surface area contributed by atoms with Gasteiger partial charge in [0.25, 0.3) is 0 Å². The molecule has 4 heteroatoms. The summed E-state index contributed by atoms with van der Waals surface area (Å²) in [5, 5.41) is 9.23. The Labute approximate surface area is 206 Å². The van der Waals surface area contributed by atoms with Crippen LogP contribution in [0.4, 0.5) is 0 Å². The largest absolute Gasteiger partial charge is 0.481 e. The molecule has 34 heavy (non-hydrogen) atoms. The van der Waals surface area contributed by atoms with Gasteiger partial charge in [0.1, 0.15) is 0 Å². The summed E-state index contributed by atoms with van der Waals surface area (Å²) in [6, 6.07) is 19.9. The topological polar surface area (TPSA) is 40.5 Å². The van der Waals surface area contributed by atoms with Gasteiger partial charge in [-0.1, -0.05) is 61.2 Å². The lowest BCUT2D eigenvalue weighted by atomic mass is 9.50. The Morgan fingerprint density at radius 2 is 1.62 bits per heavy atom. The van der Waals surface area contributed by atoms with Gasteiger partial charge in [0.05, 0.1) is 5.92 Å². The third-order valence-corrected chi connectivity index (χ3v) is 9.20. The summed E-state index contributed by atoms with van der Waals surface area (Å²) >= 11 is 1.86. The summed E-state index contributed by atoms with van der Waals surface area (Å²) in [6.45, 7) is 8.96. The van der Waals surface area contributed by atoms with Crippen molar-refractivity contribution in [3.63, 3.8) is 0 Å². The van der Waals surface area contributed by atoms with Crippen molar-refractivity contribution in [3.05, 3.63) is 87.6 Å². The summed E-state index contributed by atoms with van der Waals surface area (Å²) in [6.07, 6.45) is 4.78. The normalized spacial score (nSPS) is 23.3. The number of hydrogen-bond acceptors (Lipinski definition) is 3. The molecule has 1 spiro atoms. The summed E-state index contributed by atoms with van der Waals surface area (Å²) in [4.78, 5) is 16.3. The number of rotatable bonds is 7. The molecule has 3 nitrogen and oxygen atoms in total. The Bertz CT molecular complexity index is 1210. The predicted octanol–water partition coefficient (Wildman–Crippen LogP) is 7.17. The monoisotopic (exact) mass is 471 g/mol. The van der Waals surface area contributed by atoms with E-state index in [1.54, 1.807) is 0 Å². The number of thiophene rings is 1. The van der Waals surface area contributed by atoms with E-state index in [9.17, 15) is 9.90 Å². The van der Waals surface area contributed by atoms with Gasteiger partial charge in [-0.15, -0.1) is 11.3 Å². The van der Waals surface area contributed by atoms with Crippen LogP contribution >= 0.6 is 11.3 Å². The second-order valence-electron chi connectivity index (χ2n) is 10.4. The molecule has 0 saturated heterocycles. The number of nitrogens with zero attached hydrogens (tertiary/aromatic N) is 1. The van der Waals surface area contributed by atoms with Gasteiger partial charge in [-0.3, -0.25) is 4.79 Å². The summed E-state index contributed by atoms with van der Waals surface area (Å²) in [7, 11) is 2.16. The van der Waals surface area contributed by atoms with Gasteiger partial charge in [0.2, 0.25) is 0 Å². The maximum atomic E-state index is 11.2. The van der Waals surface area contributed by atoms with Gasteiger partial charge in [-0.2, -0.15) is 0 Å². The average molecular weight is 472 g/mol. The highest BCUT2D eigenvalue weighted by Crippen LogP contribution is 2.60. The molecular formula is C30H33NO2S. The first kappa shape index (κ1) is 22.9. The van der Waals surface area contributed by atoms with E-state index < -0.39 is 5.97 Å². The van der Waals surface area contributed by atoms with E-state index in [0.717, 1.165) is 37.8 Å². The number of carbonyl (C=O) groups is 1. The molecule has 1 aromatic heterocycles. The van der Waals surface area contributed by atoms with E-state index in [2.05, 4.69) is 80.9 Å². The highest BCUT2D eigenvalue weighted by Gasteiger charge is 2.56. The van der Waals surface area contributed by atoms with Crippen molar-refractivity contribution in [1.82, 2.24) is 4.90 Å². The standard InChI is InChI=1S/C30H33NO2S/c1-19(31(4)26-17-30(18-26)15-25(16-30)29(32)33)28-21(3)34-20(2)27(28)14-22-10-12-24(13-11-22)23-8-6-5-7-9-23/h5-13,25-26H,1,14-18H2,2-4H3,(H,32,33). The zero-order chi connectivity index (χ0) is 24.0. The van der Waals surface area contributed by atoms with Crippen molar-refractivity contribution in [3.8, 4) is 11.1 Å². The molecule has 0 radical (unpaired) electrons. The third kappa shape index (κ3) is 4.09. The van der Waals surface area contributed by atoms with Gasteiger partial charge >= 0.3 is 5.97 Å². The van der Waals surface area contributed by atoms with Crippen LogP contribution in [-0.2, 0) is 11.2 Å². The van der Waals surface area contributed by atoms with Crippen molar-refractivity contribution < 1.29 is 9.90 Å². The van der Waals surface area contributed by atoms with Crippen molar-refractivity contribution in [2.75, 3.05) is 7.05 Å². The first-order valence-electron chi connectivity index (χ1n) is 12.1. The van der Waals surface area contributed by atoms with Crippen LogP contribution < -0.4 is 0 Å². The van der Waals surface area contributed by atoms with Gasteiger partial charge in [-0.25, -0.2) is 0 Å². The summed E-state index contributed by atoms with van der Waals surface area (Å²) < 4.78 is 0. The minimum atomic E-state index is -0.627. The van der Waals surface area contributed by atoms with Crippen molar-refractivity contribution in [2.45, 2.75) is 52.0 Å². The zero-order valence-electron chi connectivity index (χ0n) is 20.3. The molecule has 0 aliphatic heterocycles. The quantitative estimate of drug-likeness (QED) is 0.397. The van der Waals surface area contributed by atoms with Crippen LogP contribution in [0, 0.1) is 25.2 Å². The van der Waals surface area contributed by atoms with E-state index in [4.69, 9.17) is 0 Å². The van der Waals surface area contributed by atoms with Crippen molar-refractivity contribution in [1.29, 1.82) is 0 Å². The van der Waals surface area contributed by atoms with Crippen LogP contribution in [0.25, 0.3) is 16.8 Å². The molecule has 2 aromatic carbocycles. The van der Waals surface area contributed by atoms with Gasteiger partial charge in [-0.05, 0) is 73.6 Å². The zero-order valence-corrected chi connectivity index (χ0v) is 21.1. The van der Waals surface area contributed by atoms with Crippen LogP contribution in [0.15, 0.2) is 61.2 Å². The lowest BCUT2D eigenvalue weighted by Gasteiger charge is -2.59. The second kappa shape index (κ2) is 8.74. The number of benzene rings is 2. The van der Waals surface area contributed by atoms with Gasteiger partial charge in [0.15, 0.2) is 0 Å². The highest BCUT2D eigenvalue weighted by atomic mass is 32.1. The molecule has 176 valence electrons. The molecule has 2 aliphatic rings. The van der Waals surface area contributed by atoms with E-state index in [0.29, 0.717) is 6.04 Å². The fraction of sp³-hybridized carbons (Fsp3) is 0.367. The van der Waals surface area contributed by atoms with Crippen LogP contribution in [0.5, 0.6) is 0 Å². The van der Waals surface area contributed by atoms with Crippen LogP contribution in [0.3, 0.4) is 0 Å². The van der Waals surface area contributed by atoms with E-state index in [-0.39, 0.29) is 11.3 Å².